The smallest absolute Gasteiger partial charge is 0.290 e. The van der Waals surface area contributed by atoms with E-state index < -0.39 is 17.7 Å². The van der Waals surface area contributed by atoms with Gasteiger partial charge >= 0.3 is 0 Å². The molecule has 0 saturated heterocycles. The number of hydrogen-bond acceptors (Lipinski definition) is 4. The second kappa shape index (κ2) is 11.1. The number of carbonyl (C=O) groups excluding carboxylic acids is 2. The molecule has 160 valence electrons. The lowest BCUT2D eigenvalue weighted by Crippen LogP contribution is -2.35. The van der Waals surface area contributed by atoms with Crippen LogP contribution in [0.5, 0.6) is 0 Å². The number of aliphatic hydroxyl groups is 1. The molecule has 1 atom stereocenters. The van der Waals surface area contributed by atoms with Crippen molar-refractivity contribution in [2.24, 2.45) is 0 Å². The Balaban J connectivity index is 2.13. The van der Waals surface area contributed by atoms with Gasteiger partial charge < -0.3 is 14.9 Å². The molecule has 1 aromatic rings. The fraction of sp³-hybridized carbons (Fsp3) is 0.565. The molecule has 0 radical (unpaired) electrons. The minimum Gasteiger partial charge on any atom is -0.503 e. The van der Waals surface area contributed by atoms with Gasteiger partial charge in [0.25, 0.3) is 5.91 Å². The van der Waals surface area contributed by atoms with E-state index in [1.54, 1.807) is 12.1 Å². The summed E-state index contributed by atoms with van der Waals surface area (Å²) >= 11 is 0. The summed E-state index contributed by atoms with van der Waals surface area (Å²) in [6, 6.07) is 5.08. The van der Waals surface area contributed by atoms with Gasteiger partial charge in [-0.05, 0) is 63.5 Å². The highest BCUT2D eigenvalue weighted by atomic mass is 19.1. The van der Waals surface area contributed by atoms with Gasteiger partial charge in [-0.15, -0.1) is 0 Å². The molecule has 5 nitrogen and oxygen atoms in total. The number of Topliss-reactive ketones (excluding diaryl/α,β-unsaturated/α-hetero) is 1. The van der Waals surface area contributed by atoms with E-state index in [9.17, 15) is 19.1 Å². The summed E-state index contributed by atoms with van der Waals surface area (Å²) in [5, 5.41) is 10.3. The number of halogens is 1. The van der Waals surface area contributed by atoms with Gasteiger partial charge in [0.2, 0.25) is 0 Å². The van der Waals surface area contributed by atoms with Crippen LogP contribution in [-0.2, 0) is 9.59 Å². The fourth-order valence-electron chi connectivity index (χ4n) is 3.80. The maximum absolute atomic E-state index is 13.4. The van der Waals surface area contributed by atoms with E-state index >= 15 is 0 Å². The van der Waals surface area contributed by atoms with Crippen molar-refractivity contribution in [3.8, 4) is 0 Å². The number of rotatable bonds is 12. The van der Waals surface area contributed by atoms with Crippen LogP contribution in [0.25, 0.3) is 0 Å². The Labute approximate surface area is 173 Å². The Kier molecular flexibility index (Phi) is 8.83. The average molecular weight is 405 g/mol. The zero-order chi connectivity index (χ0) is 21.4. The molecule has 2 rings (SSSR count). The zero-order valence-corrected chi connectivity index (χ0v) is 17.8. The quantitative estimate of drug-likeness (QED) is 0.561. The van der Waals surface area contributed by atoms with E-state index in [1.807, 2.05) is 0 Å². The van der Waals surface area contributed by atoms with Gasteiger partial charge in [-0.3, -0.25) is 9.59 Å². The van der Waals surface area contributed by atoms with Crippen molar-refractivity contribution in [1.29, 1.82) is 0 Å². The van der Waals surface area contributed by atoms with Gasteiger partial charge in [0.05, 0.1) is 11.6 Å². The van der Waals surface area contributed by atoms with E-state index in [0.29, 0.717) is 12.1 Å². The molecule has 1 aliphatic heterocycles. The average Bonchev–Trinajstić information content (AvgIpc) is 2.95. The number of aliphatic hydroxyl groups excluding tert-OH is 1. The molecule has 0 saturated carbocycles. The number of unbranched alkanes of at least 4 members (excludes halogenated alkanes) is 2. The van der Waals surface area contributed by atoms with Gasteiger partial charge in [0, 0.05) is 6.54 Å². The van der Waals surface area contributed by atoms with Crippen molar-refractivity contribution >= 4 is 11.7 Å². The van der Waals surface area contributed by atoms with Crippen molar-refractivity contribution in [3.05, 3.63) is 47.0 Å². The minimum atomic E-state index is -0.666. The first-order chi connectivity index (χ1) is 13.9. The summed E-state index contributed by atoms with van der Waals surface area (Å²) in [5.74, 6) is -1.75. The van der Waals surface area contributed by atoms with Crippen LogP contribution in [0.15, 0.2) is 35.6 Å². The van der Waals surface area contributed by atoms with E-state index in [0.717, 1.165) is 51.7 Å². The lowest BCUT2D eigenvalue weighted by Gasteiger charge is -2.28. The zero-order valence-electron chi connectivity index (χ0n) is 17.8. The number of hydrogen-bond donors (Lipinski definition) is 1. The molecule has 1 N–H and O–H groups in total. The Hall–Kier alpha value is -2.21. The van der Waals surface area contributed by atoms with Crippen LogP contribution in [0.1, 0.15) is 64.5 Å². The Morgan fingerprint density at radius 3 is 2.14 bits per heavy atom. The molecule has 1 amide bonds. The van der Waals surface area contributed by atoms with Gasteiger partial charge in [0.15, 0.2) is 11.5 Å². The molecule has 1 aliphatic rings. The lowest BCUT2D eigenvalue weighted by atomic mass is 9.96. The summed E-state index contributed by atoms with van der Waals surface area (Å²) < 4.78 is 13.4. The molecule has 1 heterocycles. The maximum Gasteiger partial charge on any atom is 0.290 e. The summed E-state index contributed by atoms with van der Waals surface area (Å²) in [6.07, 6.45) is 5.30. The van der Waals surface area contributed by atoms with Crippen molar-refractivity contribution < 1.29 is 19.1 Å². The first-order valence-corrected chi connectivity index (χ1v) is 10.6. The monoisotopic (exact) mass is 404 g/mol. The summed E-state index contributed by atoms with van der Waals surface area (Å²) in [6.45, 7) is 9.04. The van der Waals surface area contributed by atoms with Crippen molar-refractivity contribution in [1.82, 2.24) is 9.80 Å². The van der Waals surface area contributed by atoms with Crippen LogP contribution in [0.4, 0.5) is 4.39 Å². The number of amides is 1. The van der Waals surface area contributed by atoms with E-state index in [-0.39, 0.29) is 17.2 Å². The van der Waals surface area contributed by atoms with Crippen molar-refractivity contribution in [3.63, 3.8) is 0 Å². The summed E-state index contributed by atoms with van der Waals surface area (Å²) in [4.78, 5) is 28.8. The normalized spacial score (nSPS) is 16.9. The largest absolute Gasteiger partial charge is 0.503 e. The summed E-state index contributed by atoms with van der Waals surface area (Å²) in [7, 11) is 0. The number of ketones is 1. The number of nitrogens with zero attached hydrogens (tertiary/aromatic N) is 2. The Bertz CT molecular complexity index is 722. The second-order valence-electron chi connectivity index (χ2n) is 7.67. The number of carbonyl (C=O) groups is 2. The molecule has 6 heteroatoms. The van der Waals surface area contributed by atoms with Gasteiger partial charge in [0.1, 0.15) is 5.82 Å². The molecule has 0 aliphatic carbocycles. The van der Waals surface area contributed by atoms with Crippen LogP contribution in [-0.4, -0.2) is 52.8 Å². The Morgan fingerprint density at radius 2 is 1.62 bits per heavy atom. The molecule has 0 aromatic heterocycles. The third-order valence-corrected chi connectivity index (χ3v) is 5.40. The third kappa shape index (κ3) is 5.89. The first-order valence-electron chi connectivity index (χ1n) is 10.6. The SMILES string of the molecule is CCCCN(CCCC)CCCN1C(=O)C(O)=C(C(C)=O)C1c1ccc(F)cc1. The number of benzene rings is 1. The fourth-order valence-corrected chi connectivity index (χ4v) is 3.80. The molecule has 0 fully saturated rings. The van der Waals surface area contributed by atoms with Crippen LogP contribution in [0.2, 0.25) is 0 Å². The minimum absolute atomic E-state index is 0.0930. The first kappa shape index (κ1) is 23.1. The highest BCUT2D eigenvalue weighted by Gasteiger charge is 2.41. The molecule has 29 heavy (non-hydrogen) atoms. The predicted molar refractivity (Wildman–Crippen MR) is 112 cm³/mol. The topological polar surface area (TPSA) is 60.9 Å². The lowest BCUT2D eigenvalue weighted by molar-refractivity contribution is -0.129. The van der Waals surface area contributed by atoms with Gasteiger partial charge in [-0.1, -0.05) is 38.8 Å². The van der Waals surface area contributed by atoms with E-state index in [2.05, 4.69) is 18.7 Å². The molecule has 1 aromatic carbocycles. The van der Waals surface area contributed by atoms with Crippen molar-refractivity contribution in [2.75, 3.05) is 26.2 Å². The van der Waals surface area contributed by atoms with Crippen LogP contribution in [0.3, 0.4) is 0 Å². The van der Waals surface area contributed by atoms with Crippen molar-refractivity contribution in [2.45, 2.75) is 58.9 Å². The maximum atomic E-state index is 13.4. The molecule has 0 bridgehead atoms. The van der Waals surface area contributed by atoms with Gasteiger partial charge in [-0.2, -0.15) is 0 Å². The van der Waals surface area contributed by atoms with E-state index in [4.69, 9.17) is 0 Å². The second-order valence-corrected chi connectivity index (χ2v) is 7.67. The predicted octanol–water partition coefficient (Wildman–Crippen LogP) is 4.40. The van der Waals surface area contributed by atoms with Gasteiger partial charge in [-0.25, -0.2) is 4.39 Å². The molecule has 1 unspecified atom stereocenters. The van der Waals surface area contributed by atoms with E-state index in [1.165, 1.54) is 24.0 Å². The standard InChI is InChI=1S/C23H33FN2O3/c1-4-6-13-25(14-7-5-2)15-8-16-26-21(18-9-11-19(24)12-10-18)20(17(3)27)22(28)23(26)29/h9-12,21,28H,4-8,13-16H2,1-3H3. The highest BCUT2D eigenvalue weighted by Crippen LogP contribution is 2.37. The summed E-state index contributed by atoms with van der Waals surface area (Å²) in [5.41, 5.74) is 0.721. The van der Waals surface area contributed by atoms with Crippen LogP contribution < -0.4 is 0 Å². The third-order valence-electron chi connectivity index (χ3n) is 5.40. The molecular weight excluding hydrogens is 371 g/mol. The Morgan fingerprint density at radius 1 is 1.07 bits per heavy atom. The molecular formula is C23H33FN2O3. The molecule has 0 spiro atoms. The highest BCUT2D eigenvalue weighted by molar-refractivity contribution is 6.08. The van der Waals surface area contributed by atoms with Crippen LogP contribution >= 0.6 is 0 Å². The van der Waals surface area contributed by atoms with Crippen LogP contribution in [0, 0.1) is 5.82 Å².